The van der Waals surface area contributed by atoms with Gasteiger partial charge in [0.25, 0.3) is 0 Å². The fourth-order valence-corrected chi connectivity index (χ4v) is 2.76. The van der Waals surface area contributed by atoms with Crippen molar-refractivity contribution in [2.24, 2.45) is 0 Å². The number of ketones is 1. The number of hydrogen-bond acceptors (Lipinski definition) is 4. The maximum atomic E-state index is 11.4. The topological polar surface area (TPSA) is 52.6 Å². The van der Waals surface area contributed by atoms with E-state index in [1.165, 1.54) is 7.11 Å². The minimum Gasteiger partial charge on any atom is -0.489 e. The summed E-state index contributed by atoms with van der Waals surface area (Å²) in [7, 11) is 1.35. The number of esters is 1. The van der Waals surface area contributed by atoms with Crippen molar-refractivity contribution in [1.82, 2.24) is 0 Å². The summed E-state index contributed by atoms with van der Waals surface area (Å²) in [6.07, 6.45) is 0. The lowest BCUT2D eigenvalue weighted by molar-refractivity contribution is 0.0600. The fourth-order valence-electron chi connectivity index (χ4n) is 1.89. The van der Waals surface area contributed by atoms with Crippen LogP contribution in [-0.2, 0) is 11.3 Å². The van der Waals surface area contributed by atoms with Gasteiger partial charge in [-0.25, -0.2) is 4.79 Å². The largest absolute Gasteiger partial charge is 0.489 e. The van der Waals surface area contributed by atoms with Crippen LogP contribution in [0, 0.1) is 3.57 Å². The van der Waals surface area contributed by atoms with Crippen LogP contribution < -0.4 is 4.74 Å². The maximum Gasteiger partial charge on any atom is 0.337 e. The molecule has 0 aliphatic heterocycles. The number of hydrogen-bond donors (Lipinski definition) is 0. The molecule has 0 aromatic heterocycles. The van der Waals surface area contributed by atoms with E-state index in [2.05, 4.69) is 27.3 Å². The fraction of sp³-hybridized carbons (Fsp3) is 0.176. The van der Waals surface area contributed by atoms with Gasteiger partial charge in [0.2, 0.25) is 0 Å². The van der Waals surface area contributed by atoms with Gasteiger partial charge < -0.3 is 9.47 Å². The molecule has 0 aliphatic carbocycles. The highest BCUT2D eigenvalue weighted by molar-refractivity contribution is 14.1. The van der Waals surface area contributed by atoms with Crippen LogP contribution in [0.4, 0.5) is 0 Å². The molecule has 2 rings (SSSR count). The molecule has 4 nitrogen and oxygen atoms in total. The SMILES string of the molecule is COC(=O)c1ccc(COc2ccc(C(C)=O)c(I)c2)cc1. The summed E-state index contributed by atoms with van der Waals surface area (Å²) in [5.74, 6) is 0.377. The van der Waals surface area contributed by atoms with Gasteiger partial charge in [0.05, 0.1) is 12.7 Å². The van der Waals surface area contributed by atoms with Crippen molar-refractivity contribution in [3.8, 4) is 5.75 Å². The monoisotopic (exact) mass is 410 g/mol. The first-order chi connectivity index (χ1) is 10.5. The van der Waals surface area contributed by atoms with E-state index in [0.29, 0.717) is 23.5 Å². The third-order valence-corrected chi connectivity index (χ3v) is 3.99. The number of Topliss-reactive ketones (excluding diaryl/α,β-unsaturated/α-hetero) is 1. The highest BCUT2D eigenvalue weighted by atomic mass is 127. The number of rotatable bonds is 5. The molecule has 5 heteroatoms. The number of carbonyl (C=O) groups excluding carboxylic acids is 2. The second-order valence-corrected chi connectivity index (χ2v) is 5.84. The summed E-state index contributed by atoms with van der Waals surface area (Å²) in [5.41, 5.74) is 2.14. The predicted octanol–water partition coefficient (Wildman–Crippen LogP) is 3.86. The first-order valence-electron chi connectivity index (χ1n) is 6.62. The Morgan fingerprint density at radius 3 is 2.32 bits per heavy atom. The van der Waals surface area contributed by atoms with Crippen molar-refractivity contribution >= 4 is 34.3 Å². The quantitative estimate of drug-likeness (QED) is 0.427. The van der Waals surface area contributed by atoms with E-state index in [9.17, 15) is 9.59 Å². The van der Waals surface area contributed by atoms with E-state index >= 15 is 0 Å². The van der Waals surface area contributed by atoms with Crippen molar-refractivity contribution in [3.63, 3.8) is 0 Å². The molecule has 22 heavy (non-hydrogen) atoms. The second kappa shape index (κ2) is 7.40. The van der Waals surface area contributed by atoms with Crippen LogP contribution in [-0.4, -0.2) is 18.9 Å². The molecule has 2 aromatic carbocycles. The number of methoxy groups -OCH3 is 1. The van der Waals surface area contributed by atoms with Gasteiger partial charge >= 0.3 is 5.97 Å². The Kier molecular flexibility index (Phi) is 5.54. The lowest BCUT2D eigenvalue weighted by Crippen LogP contribution is -2.02. The van der Waals surface area contributed by atoms with Crippen molar-refractivity contribution in [2.45, 2.75) is 13.5 Å². The number of carbonyl (C=O) groups is 2. The Morgan fingerprint density at radius 1 is 1.09 bits per heavy atom. The van der Waals surface area contributed by atoms with Crippen LogP contribution in [0.15, 0.2) is 42.5 Å². The van der Waals surface area contributed by atoms with Gasteiger partial charge in [0, 0.05) is 9.13 Å². The van der Waals surface area contributed by atoms with E-state index in [1.54, 1.807) is 31.2 Å². The Balaban J connectivity index is 2.02. The lowest BCUT2D eigenvalue weighted by atomic mass is 10.1. The van der Waals surface area contributed by atoms with E-state index in [4.69, 9.17) is 4.74 Å². The number of benzene rings is 2. The van der Waals surface area contributed by atoms with Crippen LogP contribution >= 0.6 is 22.6 Å². The molecule has 0 amide bonds. The minimum absolute atomic E-state index is 0.0364. The molecule has 0 heterocycles. The standard InChI is InChI=1S/C17H15IO4/c1-11(19)15-8-7-14(9-16(15)18)22-10-12-3-5-13(6-4-12)17(20)21-2/h3-9H,10H2,1-2H3. The van der Waals surface area contributed by atoms with Crippen LogP contribution in [0.5, 0.6) is 5.75 Å². The summed E-state index contributed by atoms with van der Waals surface area (Å²) in [6.45, 7) is 1.93. The Bertz CT molecular complexity index is 692. The Labute approximate surface area is 142 Å². The summed E-state index contributed by atoms with van der Waals surface area (Å²) < 4.78 is 11.2. The van der Waals surface area contributed by atoms with Gasteiger partial charge in [0.1, 0.15) is 12.4 Å². The molecule has 0 saturated carbocycles. The molecule has 0 N–H and O–H groups in total. The van der Waals surface area contributed by atoms with Crippen molar-refractivity contribution in [3.05, 3.63) is 62.7 Å². The van der Waals surface area contributed by atoms with Crippen LogP contribution in [0.25, 0.3) is 0 Å². The zero-order valence-electron chi connectivity index (χ0n) is 12.3. The van der Waals surface area contributed by atoms with Gasteiger partial charge in [-0.15, -0.1) is 0 Å². The average molecular weight is 410 g/mol. The third-order valence-electron chi connectivity index (χ3n) is 3.10. The van der Waals surface area contributed by atoms with E-state index in [1.807, 2.05) is 18.2 Å². The first-order valence-corrected chi connectivity index (χ1v) is 7.69. The Hall–Kier alpha value is -1.89. The number of ether oxygens (including phenoxy) is 2. The summed E-state index contributed by atoms with van der Waals surface area (Å²) in [5, 5.41) is 0. The zero-order valence-corrected chi connectivity index (χ0v) is 14.4. The van der Waals surface area contributed by atoms with Crippen LogP contribution in [0.3, 0.4) is 0 Å². The third kappa shape index (κ3) is 4.07. The van der Waals surface area contributed by atoms with Crippen molar-refractivity contribution < 1.29 is 19.1 Å². The highest BCUT2D eigenvalue weighted by Gasteiger charge is 2.07. The molecule has 0 bridgehead atoms. The predicted molar refractivity (Wildman–Crippen MR) is 91.3 cm³/mol. The van der Waals surface area contributed by atoms with Crippen molar-refractivity contribution in [2.75, 3.05) is 7.11 Å². The lowest BCUT2D eigenvalue weighted by Gasteiger charge is -2.09. The van der Waals surface area contributed by atoms with Gasteiger partial charge in [-0.3, -0.25) is 4.79 Å². The zero-order chi connectivity index (χ0) is 16.1. The molecule has 0 spiro atoms. The molecule has 0 unspecified atom stereocenters. The summed E-state index contributed by atoms with van der Waals surface area (Å²) in [6, 6.07) is 12.4. The normalized spacial score (nSPS) is 10.1. The van der Waals surface area contributed by atoms with Gasteiger partial charge in [0.15, 0.2) is 5.78 Å². The molecule has 0 aliphatic rings. The second-order valence-electron chi connectivity index (χ2n) is 4.68. The molecule has 0 saturated heterocycles. The Morgan fingerprint density at radius 2 is 1.77 bits per heavy atom. The average Bonchev–Trinajstić information content (AvgIpc) is 2.52. The van der Waals surface area contributed by atoms with E-state index < -0.39 is 0 Å². The van der Waals surface area contributed by atoms with Gasteiger partial charge in [-0.05, 0) is 65.4 Å². The maximum absolute atomic E-state index is 11.4. The van der Waals surface area contributed by atoms with Crippen LogP contribution in [0.1, 0.15) is 33.2 Å². The highest BCUT2D eigenvalue weighted by Crippen LogP contribution is 2.21. The van der Waals surface area contributed by atoms with Crippen molar-refractivity contribution in [1.29, 1.82) is 0 Å². The van der Waals surface area contributed by atoms with E-state index in [0.717, 1.165) is 9.13 Å². The molecule has 0 radical (unpaired) electrons. The molecule has 0 atom stereocenters. The summed E-state index contributed by atoms with van der Waals surface area (Å²) in [4.78, 5) is 22.7. The molecular formula is C17H15IO4. The van der Waals surface area contributed by atoms with E-state index in [-0.39, 0.29) is 11.8 Å². The summed E-state index contributed by atoms with van der Waals surface area (Å²) >= 11 is 2.12. The van der Waals surface area contributed by atoms with Crippen LogP contribution in [0.2, 0.25) is 0 Å². The first kappa shape index (κ1) is 16.5. The smallest absolute Gasteiger partial charge is 0.337 e. The molecule has 114 valence electrons. The minimum atomic E-state index is -0.359. The number of halogens is 1. The molecular weight excluding hydrogens is 395 g/mol. The molecule has 2 aromatic rings. The van der Waals surface area contributed by atoms with Gasteiger partial charge in [-0.1, -0.05) is 12.1 Å². The van der Waals surface area contributed by atoms with Gasteiger partial charge in [-0.2, -0.15) is 0 Å². The molecule has 0 fully saturated rings.